The highest BCUT2D eigenvalue weighted by atomic mass is 19.1. The van der Waals surface area contributed by atoms with Crippen molar-refractivity contribution in [1.82, 2.24) is 10.2 Å². The minimum absolute atomic E-state index is 0.0179. The van der Waals surface area contributed by atoms with Gasteiger partial charge in [0.15, 0.2) is 17.3 Å². The lowest BCUT2D eigenvalue weighted by Crippen LogP contribution is -2.46. The number of Topliss-reactive ketones (excluding diaryl/α,β-unsaturated/α-hetero) is 1. The van der Waals surface area contributed by atoms with E-state index in [1.807, 2.05) is 24.3 Å². The molecule has 1 saturated heterocycles. The average molecular weight is 382 g/mol. The fourth-order valence-corrected chi connectivity index (χ4v) is 4.03. The van der Waals surface area contributed by atoms with Gasteiger partial charge in [0.25, 0.3) is 5.91 Å². The molecule has 1 atom stereocenters. The quantitative estimate of drug-likeness (QED) is 0.652. The Hall–Kier alpha value is -3.22. The third kappa shape index (κ3) is 2.74. The van der Waals surface area contributed by atoms with E-state index < -0.39 is 35.6 Å². The van der Waals surface area contributed by atoms with Crippen LogP contribution in [0.2, 0.25) is 0 Å². The number of benzene rings is 2. The van der Waals surface area contributed by atoms with Gasteiger partial charge in [0.2, 0.25) is 0 Å². The first-order valence-electron chi connectivity index (χ1n) is 9.05. The van der Waals surface area contributed by atoms with Crippen molar-refractivity contribution >= 4 is 17.7 Å². The minimum atomic E-state index is -1.13. The molecule has 0 unspecified atom stereocenters. The number of urea groups is 1. The Morgan fingerprint density at radius 1 is 1.25 bits per heavy atom. The molecule has 0 radical (unpaired) electrons. The van der Waals surface area contributed by atoms with Crippen LogP contribution in [-0.2, 0) is 16.8 Å². The van der Waals surface area contributed by atoms with Crippen LogP contribution in [0.5, 0.6) is 5.75 Å². The summed E-state index contributed by atoms with van der Waals surface area (Å²) in [6, 6.07) is 10.7. The third-order valence-corrected chi connectivity index (χ3v) is 5.43. The van der Waals surface area contributed by atoms with Gasteiger partial charge in [-0.15, -0.1) is 0 Å². The maximum absolute atomic E-state index is 13.9. The van der Waals surface area contributed by atoms with E-state index in [-0.39, 0.29) is 11.3 Å². The van der Waals surface area contributed by atoms with E-state index in [1.165, 1.54) is 19.2 Å². The van der Waals surface area contributed by atoms with Gasteiger partial charge in [-0.25, -0.2) is 9.18 Å². The predicted octanol–water partition coefficient (Wildman–Crippen LogP) is 2.80. The normalized spacial score (nSPS) is 20.9. The molecule has 1 N–H and O–H groups in total. The van der Waals surface area contributed by atoms with Gasteiger partial charge in [-0.2, -0.15) is 0 Å². The maximum atomic E-state index is 13.9. The fraction of sp³-hybridized carbons (Fsp3) is 0.286. The predicted molar refractivity (Wildman–Crippen MR) is 98.6 cm³/mol. The van der Waals surface area contributed by atoms with E-state index in [0.717, 1.165) is 34.9 Å². The summed E-state index contributed by atoms with van der Waals surface area (Å²) in [5, 5.41) is 2.80. The zero-order chi connectivity index (χ0) is 19.9. The summed E-state index contributed by atoms with van der Waals surface area (Å²) in [6.45, 7) is -0.444. The van der Waals surface area contributed by atoms with Crippen molar-refractivity contribution in [2.75, 3.05) is 13.7 Å². The van der Waals surface area contributed by atoms with Crippen molar-refractivity contribution in [2.24, 2.45) is 0 Å². The van der Waals surface area contributed by atoms with E-state index in [2.05, 4.69) is 5.32 Å². The van der Waals surface area contributed by atoms with Crippen LogP contribution >= 0.6 is 0 Å². The molecule has 3 amide bonds. The van der Waals surface area contributed by atoms with E-state index in [4.69, 9.17) is 4.74 Å². The fourth-order valence-electron chi connectivity index (χ4n) is 4.03. The van der Waals surface area contributed by atoms with Gasteiger partial charge in [0, 0.05) is 5.56 Å². The second-order valence-corrected chi connectivity index (χ2v) is 7.01. The van der Waals surface area contributed by atoms with E-state index in [0.29, 0.717) is 6.42 Å². The van der Waals surface area contributed by atoms with Crippen molar-refractivity contribution in [3.8, 4) is 5.75 Å². The van der Waals surface area contributed by atoms with Crippen LogP contribution in [0.1, 0.15) is 34.3 Å². The van der Waals surface area contributed by atoms with Crippen LogP contribution < -0.4 is 10.1 Å². The summed E-state index contributed by atoms with van der Waals surface area (Å²) in [5.74, 6) is -1.62. The van der Waals surface area contributed by atoms with Gasteiger partial charge < -0.3 is 10.1 Å². The molecule has 0 saturated carbocycles. The first kappa shape index (κ1) is 18.2. The lowest BCUT2D eigenvalue weighted by Gasteiger charge is -2.33. The molecule has 28 heavy (non-hydrogen) atoms. The molecular weight excluding hydrogens is 363 g/mol. The number of nitrogens with one attached hydrogen (secondary N) is 1. The molecule has 6 nitrogen and oxygen atoms in total. The number of imide groups is 1. The topological polar surface area (TPSA) is 75.7 Å². The summed E-state index contributed by atoms with van der Waals surface area (Å²) in [7, 11) is 1.33. The summed E-state index contributed by atoms with van der Waals surface area (Å²) in [4.78, 5) is 39.2. The van der Waals surface area contributed by atoms with Crippen LogP contribution in [0.25, 0.3) is 0 Å². The average Bonchev–Trinajstić information content (AvgIpc) is 2.93. The van der Waals surface area contributed by atoms with Crippen molar-refractivity contribution in [3.05, 3.63) is 65.0 Å². The number of halogens is 1. The standard InChI is InChI=1S/C21H19FN2O4/c1-28-18-9-8-14(11-16(18)22)17(25)12-24-19(26)21(23-20(24)27)10-4-6-13-5-2-3-7-15(13)21/h2-3,5,7-9,11H,4,6,10,12H2,1H3,(H,23,27)/t21-/m1/s1. The highest BCUT2D eigenvalue weighted by Crippen LogP contribution is 2.39. The molecule has 7 heteroatoms. The first-order chi connectivity index (χ1) is 13.5. The molecule has 1 heterocycles. The number of amides is 3. The Morgan fingerprint density at radius 2 is 2.04 bits per heavy atom. The Bertz CT molecular complexity index is 990. The maximum Gasteiger partial charge on any atom is 0.325 e. The SMILES string of the molecule is COc1ccc(C(=O)CN2C(=O)N[C@@]3(CCCc4ccccc43)C2=O)cc1F. The highest BCUT2D eigenvalue weighted by Gasteiger charge is 2.54. The number of ketones is 1. The lowest BCUT2D eigenvalue weighted by molar-refractivity contribution is -0.131. The number of aryl methyl sites for hydroxylation is 1. The Balaban J connectivity index is 1.61. The van der Waals surface area contributed by atoms with E-state index in [9.17, 15) is 18.8 Å². The largest absolute Gasteiger partial charge is 0.494 e. The molecule has 1 aliphatic heterocycles. The van der Waals surface area contributed by atoms with Crippen molar-refractivity contribution in [1.29, 1.82) is 0 Å². The summed E-state index contributed by atoms with van der Waals surface area (Å²) in [5.41, 5.74) is 0.749. The zero-order valence-corrected chi connectivity index (χ0v) is 15.3. The van der Waals surface area contributed by atoms with E-state index in [1.54, 1.807) is 0 Å². The molecule has 0 bridgehead atoms. The highest BCUT2D eigenvalue weighted by molar-refractivity contribution is 6.11. The molecule has 1 aliphatic carbocycles. The molecule has 2 aliphatic rings. The van der Waals surface area contributed by atoms with Crippen molar-refractivity contribution in [2.45, 2.75) is 24.8 Å². The Morgan fingerprint density at radius 3 is 2.79 bits per heavy atom. The van der Waals surface area contributed by atoms with Gasteiger partial charge in [-0.1, -0.05) is 24.3 Å². The molecule has 2 aromatic rings. The number of hydrogen-bond donors (Lipinski definition) is 1. The second kappa shape index (κ2) is 6.74. The van der Waals surface area contributed by atoms with Crippen molar-refractivity contribution < 1.29 is 23.5 Å². The van der Waals surface area contributed by atoms with Gasteiger partial charge >= 0.3 is 6.03 Å². The second-order valence-electron chi connectivity index (χ2n) is 7.01. The molecule has 2 aromatic carbocycles. The van der Waals surface area contributed by atoms with Crippen LogP contribution in [-0.4, -0.2) is 36.3 Å². The number of rotatable bonds is 4. The van der Waals surface area contributed by atoms with Gasteiger partial charge in [0.05, 0.1) is 13.7 Å². The van der Waals surface area contributed by atoms with Crippen molar-refractivity contribution in [3.63, 3.8) is 0 Å². The number of carbonyl (C=O) groups excluding carboxylic acids is 3. The molecule has 1 spiro atoms. The lowest BCUT2D eigenvalue weighted by atomic mass is 9.76. The summed E-state index contributed by atoms with van der Waals surface area (Å²) in [6.07, 6.45) is 2.08. The summed E-state index contributed by atoms with van der Waals surface area (Å²) >= 11 is 0. The van der Waals surface area contributed by atoms with Crippen LogP contribution in [0.3, 0.4) is 0 Å². The molecule has 144 valence electrons. The van der Waals surface area contributed by atoms with Gasteiger partial charge in [0.1, 0.15) is 5.54 Å². The van der Waals surface area contributed by atoms with Gasteiger partial charge in [-0.3, -0.25) is 14.5 Å². The van der Waals surface area contributed by atoms with Gasteiger partial charge in [-0.05, 0) is 48.6 Å². The smallest absolute Gasteiger partial charge is 0.325 e. The number of methoxy groups -OCH3 is 1. The van der Waals surface area contributed by atoms with Crippen LogP contribution in [0.4, 0.5) is 9.18 Å². The Kier molecular flexibility index (Phi) is 4.37. The Labute approximate surface area is 161 Å². The molecular formula is C21H19FN2O4. The van der Waals surface area contributed by atoms with Crippen LogP contribution in [0.15, 0.2) is 42.5 Å². The summed E-state index contributed by atoms with van der Waals surface area (Å²) < 4.78 is 18.7. The van der Waals surface area contributed by atoms with Crippen LogP contribution in [0, 0.1) is 5.82 Å². The number of ether oxygens (including phenoxy) is 1. The number of fused-ring (bicyclic) bond motifs is 2. The van der Waals surface area contributed by atoms with E-state index >= 15 is 0 Å². The minimum Gasteiger partial charge on any atom is -0.494 e. The first-order valence-corrected chi connectivity index (χ1v) is 9.05. The monoisotopic (exact) mass is 382 g/mol. The molecule has 1 fully saturated rings. The number of nitrogens with zero attached hydrogens (tertiary/aromatic N) is 1. The molecule has 4 rings (SSSR count). The zero-order valence-electron chi connectivity index (χ0n) is 15.3. The molecule has 0 aromatic heterocycles. The third-order valence-electron chi connectivity index (χ3n) is 5.43. The number of carbonyl (C=O) groups is 3. The number of hydrogen-bond acceptors (Lipinski definition) is 4.